The molecule has 2 aromatic carbocycles. The molecule has 1 aliphatic carbocycles. The van der Waals surface area contributed by atoms with Gasteiger partial charge in [-0.3, -0.25) is 0 Å². The first-order chi connectivity index (χ1) is 13.6. The molecule has 0 amide bonds. The fraction of sp³-hybridized carbons (Fsp3) is 0.455. The quantitative estimate of drug-likeness (QED) is 0.443. The Kier molecular flexibility index (Phi) is 5.62. The molecule has 0 bridgehead atoms. The van der Waals surface area contributed by atoms with E-state index < -0.39 is 57.4 Å². The molecule has 0 heterocycles. The van der Waals surface area contributed by atoms with Gasteiger partial charge < -0.3 is 4.74 Å². The van der Waals surface area contributed by atoms with Crippen molar-refractivity contribution in [1.29, 1.82) is 0 Å². The first kappa shape index (κ1) is 21.5. The van der Waals surface area contributed by atoms with Gasteiger partial charge in [-0.1, -0.05) is 38.8 Å². The Morgan fingerprint density at radius 3 is 1.97 bits per heavy atom. The summed E-state index contributed by atoms with van der Waals surface area (Å²) in [6, 6.07) is 4.67. The lowest BCUT2D eigenvalue weighted by atomic mass is 9.78. The van der Waals surface area contributed by atoms with Gasteiger partial charge in [0, 0.05) is 0 Å². The van der Waals surface area contributed by atoms with Crippen molar-refractivity contribution in [3.63, 3.8) is 0 Å². The van der Waals surface area contributed by atoms with Gasteiger partial charge in [0.15, 0.2) is 11.6 Å². The van der Waals surface area contributed by atoms with Gasteiger partial charge in [-0.15, -0.1) is 0 Å². The molecule has 0 saturated carbocycles. The van der Waals surface area contributed by atoms with Gasteiger partial charge in [-0.2, -0.15) is 17.6 Å². The predicted molar refractivity (Wildman–Crippen MR) is 98.7 cm³/mol. The number of halogens is 6. The summed E-state index contributed by atoms with van der Waals surface area (Å²) in [5.41, 5.74) is -3.76. The molecule has 2 aromatic rings. The van der Waals surface area contributed by atoms with E-state index in [0.29, 0.717) is 6.42 Å². The third-order valence-electron chi connectivity index (χ3n) is 5.41. The monoisotopic (exact) mass is 416 g/mol. The maximum absolute atomic E-state index is 15.1. The molecule has 0 radical (unpaired) electrons. The van der Waals surface area contributed by atoms with E-state index in [2.05, 4.69) is 0 Å². The number of hydrogen-bond acceptors (Lipinski definition) is 1. The summed E-state index contributed by atoms with van der Waals surface area (Å²) in [4.78, 5) is 0. The van der Waals surface area contributed by atoms with Crippen molar-refractivity contribution in [3.8, 4) is 16.9 Å². The van der Waals surface area contributed by atoms with Gasteiger partial charge in [-0.25, -0.2) is 8.78 Å². The summed E-state index contributed by atoms with van der Waals surface area (Å²) >= 11 is 0. The van der Waals surface area contributed by atoms with E-state index in [1.807, 2.05) is 6.92 Å². The van der Waals surface area contributed by atoms with Crippen LogP contribution >= 0.6 is 0 Å². The van der Waals surface area contributed by atoms with Crippen molar-refractivity contribution in [2.75, 3.05) is 6.61 Å². The normalized spacial score (nSPS) is 17.4. The Morgan fingerprint density at radius 2 is 1.41 bits per heavy atom. The molecule has 0 spiro atoms. The zero-order valence-electron chi connectivity index (χ0n) is 16.4. The summed E-state index contributed by atoms with van der Waals surface area (Å²) in [5.74, 6) is -13.7. The smallest absolute Gasteiger partial charge is 0.343 e. The molecule has 3 rings (SSSR count). The number of rotatable bonds is 6. The number of fused-ring (bicyclic) bond motifs is 3. The van der Waals surface area contributed by atoms with Crippen LogP contribution in [0.1, 0.15) is 62.6 Å². The summed E-state index contributed by atoms with van der Waals surface area (Å²) in [5, 5.41) is 0. The van der Waals surface area contributed by atoms with Gasteiger partial charge in [0.1, 0.15) is 5.82 Å². The molecular weight excluding hydrogens is 394 g/mol. The zero-order chi connectivity index (χ0) is 21.6. The molecule has 29 heavy (non-hydrogen) atoms. The van der Waals surface area contributed by atoms with E-state index in [9.17, 15) is 22.0 Å². The largest absolute Gasteiger partial charge is 0.491 e. The topological polar surface area (TPSA) is 9.23 Å². The van der Waals surface area contributed by atoms with Crippen LogP contribution in [0.2, 0.25) is 0 Å². The van der Waals surface area contributed by atoms with Crippen LogP contribution in [0.15, 0.2) is 24.3 Å². The second kappa shape index (κ2) is 7.58. The summed E-state index contributed by atoms with van der Waals surface area (Å²) in [7, 11) is 0. The fourth-order valence-electron chi connectivity index (χ4n) is 3.84. The van der Waals surface area contributed by atoms with Gasteiger partial charge in [0.25, 0.3) is 0 Å². The van der Waals surface area contributed by atoms with Crippen LogP contribution in [-0.4, -0.2) is 6.61 Å². The number of ether oxygens (including phenoxy) is 1. The molecular formula is C22H22F6O. The number of unbranched alkanes of at least 4 members (excludes halogenated alkanes) is 1. The first-order valence-electron chi connectivity index (χ1n) is 9.64. The van der Waals surface area contributed by atoms with Crippen molar-refractivity contribution in [2.24, 2.45) is 0 Å². The Hall–Kier alpha value is -2.18. The molecule has 0 aromatic heterocycles. The molecule has 7 heteroatoms. The second-order valence-electron chi connectivity index (χ2n) is 7.32. The number of hydrogen-bond donors (Lipinski definition) is 0. The van der Waals surface area contributed by atoms with Crippen molar-refractivity contribution in [3.05, 3.63) is 52.6 Å². The highest BCUT2D eigenvalue weighted by atomic mass is 19.3. The van der Waals surface area contributed by atoms with Gasteiger partial charge >= 0.3 is 11.8 Å². The summed E-state index contributed by atoms with van der Waals surface area (Å²) < 4.78 is 94.3. The Morgan fingerprint density at radius 1 is 0.862 bits per heavy atom. The second-order valence-corrected chi connectivity index (χ2v) is 7.32. The Bertz CT molecular complexity index is 922. The maximum atomic E-state index is 15.1. The van der Waals surface area contributed by atoms with Crippen molar-refractivity contribution >= 4 is 0 Å². The lowest BCUT2D eigenvalue weighted by Gasteiger charge is -2.36. The molecule has 158 valence electrons. The van der Waals surface area contributed by atoms with Crippen LogP contribution < -0.4 is 4.74 Å². The SMILES string of the molecule is CCCCC(C)c1ccc2c(c1F)C(F)(F)C(F)(F)c1c-2ccc(OCC)c1F. The summed E-state index contributed by atoms with van der Waals surface area (Å²) in [6.07, 6.45) is 2.12. The van der Waals surface area contributed by atoms with E-state index in [1.54, 1.807) is 6.92 Å². The standard InChI is InChI=1S/C22H22F6O/c1-4-6-7-12(3)13-8-9-14-15-10-11-16(29-5-2)20(24)18(15)22(27,28)21(25,26)17(14)19(13)23/h8-12H,4-7H2,1-3H3. The summed E-state index contributed by atoms with van der Waals surface area (Å²) in [6.45, 7) is 5.09. The van der Waals surface area contributed by atoms with Crippen LogP contribution in [0.4, 0.5) is 26.3 Å². The first-order valence-corrected chi connectivity index (χ1v) is 9.64. The third-order valence-corrected chi connectivity index (χ3v) is 5.41. The van der Waals surface area contributed by atoms with Gasteiger partial charge in [0.2, 0.25) is 0 Å². The minimum Gasteiger partial charge on any atom is -0.491 e. The van der Waals surface area contributed by atoms with E-state index in [4.69, 9.17) is 4.74 Å². The van der Waals surface area contributed by atoms with Crippen molar-refractivity contribution in [2.45, 2.75) is 57.8 Å². The molecule has 1 unspecified atom stereocenters. The molecule has 1 aliphatic rings. The van der Waals surface area contributed by atoms with Crippen LogP contribution in [0.3, 0.4) is 0 Å². The maximum Gasteiger partial charge on any atom is 0.343 e. The zero-order valence-corrected chi connectivity index (χ0v) is 16.4. The minimum absolute atomic E-state index is 0.0259. The number of alkyl halides is 4. The highest BCUT2D eigenvalue weighted by molar-refractivity contribution is 5.77. The van der Waals surface area contributed by atoms with E-state index in [0.717, 1.165) is 25.0 Å². The lowest BCUT2D eigenvalue weighted by molar-refractivity contribution is -0.228. The highest BCUT2D eigenvalue weighted by Gasteiger charge is 2.65. The molecule has 0 aliphatic heterocycles. The van der Waals surface area contributed by atoms with E-state index in [1.165, 1.54) is 19.1 Å². The van der Waals surface area contributed by atoms with Crippen LogP contribution in [0.25, 0.3) is 11.1 Å². The Labute approximate surface area is 165 Å². The fourth-order valence-corrected chi connectivity index (χ4v) is 3.84. The average Bonchev–Trinajstić information content (AvgIpc) is 2.65. The molecule has 1 atom stereocenters. The van der Waals surface area contributed by atoms with E-state index in [-0.39, 0.29) is 12.2 Å². The number of benzene rings is 2. The molecule has 1 nitrogen and oxygen atoms in total. The van der Waals surface area contributed by atoms with Crippen molar-refractivity contribution in [1.82, 2.24) is 0 Å². The molecule has 0 fully saturated rings. The van der Waals surface area contributed by atoms with Crippen LogP contribution in [0, 0.1) is 11.6 Å². The van der Waals surface area contributed by atoms with Crippen LogP contribution in [0.5, 0.6) is 5.75 Å². The molecule has 0 saturated heterocycles. The van der Waals surface area contributed by atoms with Crippen molar-refractivity contribution < 1.29 is 31.1 Å². The lowest BCUT2D eigenvalue weighted by Crippen LogP contribution is -2.41. The van der Waals surface area contributed by atoms with Gasteiger partial charge in [-0.05, 0) is 48.1 Å². The highest BCUT2D eigenvalue weighted by Crippen LogP contribution is 2.60. The van der Waals surface area contributed by atoms with Crippen LogP contribution in [-0.2, 0) is 11.8 Å². The van der Waals surface area contributed by atoms with Gasteiger partial charge in [0.05, 0.1) is 17.7 Å². The predicted octanol–water partition coefficient (Wildman–Crippen LogP) is 7.52. The average molecular weight is 416 g/mol. The third kappa shape index (κ3) is 3.19. The van der Waals surface area contributed by atoms with E-state index >= 15 is 4.39 Å². The molecule has 0 N–H and O–H groups in total. The Balaban J connectivity index is 2.28. The minimum atomic E-state index is -4.93.